The first kappa shape index (κ1) is 16.1. The fraction of sp³-hybridized carbons (Fsp3) is 0.267. The summed E-state index contributed by atoms with van der Waals surface area (Å²) < 4.78 is 48.6. The van der Waals surface area contributed by atoms with Gasteiger partial charge in [-0.1, -0.05) is 6.07 Å². The fourth-order valence-electron chi connectivity index (χ4n) is 1.88. The Morgan fingerprint density at radius 3 is 2.55 bits per heavy atom. The van der Waals surface area contributed by atoms with Crippen molar-refractivity contribution in [3.05, 3.63) is 47.8 Å². The molecule has 0 saturated carbocycles. The second kappa shape index (κ2) is 6.65. The number of nitrogens with zero attached hydrogens (tertiary/aromatic N) is 1. The molecule has 2 N–H and O–H groups in total. The van der Waals surface area contributed by atoms with E-state index in [1.165, 1.54) is 13.2 Å². The first-order valence-corrected chi connectivity index (χ1v) is 6.52. The van der Waals surface area contributed by atoms with Gasteiger partial charge >= 0.3 is 6.18 Å². The van der Waals surface area contributed by atoms with Crippen LogP contribution in [0.1, 0.15) is 11.3 Å². The molecule has 1 heterocycles. The molecule has 1 aromatic carbocycles. The Morgan fingerprint density at radius 2 is 1.91 bits per heavy atom. The molecule has 0 saturated heterocycles. The summed E-state index contributed by atoms with van der Waals surface area (Å²) in [4.78, 5) is 3.28. The molecule has 0 radical (unpaired) electrons. The van der Waals surface area contributed by atoms with Gasteiger partial charge in [-0.15, -0.1) is 0 Å². The van der Waals surface area contributed by atoms with E-state index in [4.69, 9.17) is 15.2 Å². The molecular weight excluding hydrogens is 297 g/mol. The van der Waals surface area contributed by atoms with Gasteiger partial charge in [-0.05, 0) is 36.7 Å². The third kappa shape index (κ3) is 3.88. The maximum atomic E-state index is 12.6. The van der Waals surface area contributed by atoms with Crippen LogP contribution in [-0.4, -0.2) is 18.6 Å². The summed E-state index contributed by atoms with van der Waals surface area (Å²) in [5.41, 5.74) is 5.43. The third-order valence-corrected chi connectivity index (χ3v) is 2.91. The normalized spacial score (nSPS) is 11.3. The summed E-state index contributed by atoms with van der Waals surface area (Å²) in [5, 5.41) is 0. The van der Waals surface area contributed by atoms with Crippen LogP contribution in [0.2, 0.25) is 0 Å². The molecule has 0 unspecified atom stereocenters. The number of pyridine rings is 1. The number of ether oxygens (including phenoxy) is 2. The van der Waals surface area contributed by atoms with E-state index in [2.05, 4.69) is 4.98 Å². The zero-order valence-corrected chi connectivity index (χ0v) is 11.9. The van der Waals surface area contributed by atoms with Crippen LogP contribution in [-0.2, 0) is 12.6 Å². The molecule has 2 rings (SSSR count). The highest BCUT2D eigenvalue weighted by Gasteiger charge is 2.32. The minimum absolute atomic E-state index is 0.0344. The van der Waals surface area contributed by atoms with Gasteiger partial charge in [0.25, 0.3) is 0 Å². The Morgan fingerprint density at radius 1 is 1.14 bits per heavy atom. The Bertz CT molecular complexity index is 645. The van der Waals surface area contributed by atoms with Gasteiger partial charge < -0.3 is 15.2 Å². The van der Waals surface area contributed by atoms with E-state index in [1.807, 2.05) is 0 Å². The van der Waals surface area contributed by atoms with Crippen LogP contribution < -0.4 is 15.2 Å². The minimum atomic E-state index is -4.52. The summed E-state index contributed by atoms with van der Waals surface area (Å²) in [6, 6.07) is 7.36. The third-order valence-electron chi connectivity index (χ3n) is 2.91. The lowest BCUT2D eigenvalue weighted by Crippen LogP contribution is -2.07. The quantitative estimate of drug-likeness (QED) is 0.919. The maximum absolute atomic E-state index is 12.6. The predicted molar refractivity (Wildman–Crippen MR) is 75.1 cm³/mol. The lowest BCUT2D eigenvalue weighted by molar-refractivity contribution is -0.141. The van der Waals surface area contributed by atoms with E-state index in [-0.39, 0.29) is 5.75 Å². The highest BCUT2D eigenvalue weighted by Crippen LogP contribution is 2.34. The average Bonchev–Trinajstić information content (AvgIpc) is 2.48. The van der Waals surface area contributed by atoms with Gasteiger partial charge in [0.15, 0.2) is 11.5 Å². The van der Waals surface area contributed by atoms with Crippen molar-refractivity contribution in [1.29, 1.82) is 0 Å². The van der Waals surface area contributed by atoms with Gasteiger partial charge in [0.1, 0.15) is 11.4 Å². The van der Waals surface area contributed by atoms with Crippen molar-refractivity contribution in [2.45, 2.75) is 12.6 Å². The number of rotatable bonds is 5. The van der Waals surface area contributed by atoms with Gasteiger partial charge in [-0.2, -0.15) is 13.2 Å². The van der Waals surface area contributed by atoms with Gasteiger partial charge in [0, 0.05) is 12.3 Å². The first-order chi connectivity index (χ1) is 10.4. The second-order valence-corrected chi connectivity index (χ2v) is 4.50. The van der Waals surface area contributed by atoms with Crippen molar-refractivity contribution in [3.63, 3.8) is 0 Å². The minimum Gasteiger partial charge on any atom is -0.493 e. The van der Waals surface area contributed by atoms with Gasteiger partial charge in [0.2, 0.25) is 0 Å². The monoisotopic (exact) mass is 312 g/mol. The van der Waals surface area contributed by atoms with Gasteiger partial charge in [0.05, 0.1) is 7.11 Å². The molecule has 0 aliphatic rings. The van der Waals surface area contributed by atoms with Crippen molar-refractivity contribution in [3.8, 4) is 17.2 Å². The molecule has 0 atom stereocenters. The first-order valence-electron chi connectivity index (χ1n) is 6.52. The van der Waals surface area contributed by atoms with Crippen LogP contribution in [0.5, 0.6) is 17.2 Å². The van der Waals surface area contributed by atoms with Crippen LogP contribution in [0.4, 0.5) is 13.2 Å². The Hall–Kier alpha value is -2.28. The largest absolute Gasteiger partial charge is 0.493 e. The zero-order valence-electron chi connectivity index (χ0n) is 11.9. The number of benzene rings is 1. The molecule has 7 heteroatoms. The number of hydrogen-bond acceptors (Lipinski definition) is 4. The molecule has 0 bridgehead atoms. The van der Waals surface area contributed by atoms with E-state index < -0.39 is 11.9 Å². The smallest absolute Gasteiger partial charge is 0.433 e. The number of alkyl halides is 3. The van der Waals surface area contributed by atoms with Crippen LogP contribution in [0.15, 0.2) is 36.5 Å². The number of aromatic nitrogens is 1. The number of nitrogens with two attached hydrogens (primary N) is 1. The molecular formula is C15H15F3N2O2. The van der Waals surface area contributed by atoms with Gasteiger partial charge in [-0.25, -0.2) is 0 Å². The summed E-state index contributed by atoms with van der Waals surface area (Å²) in [6.07, 6.45) is -2.80. The Kier molecular flexibility index (Phi) is 4.87. The molecule has 118 valence electrons. The van der Waals surface area contributed by atoms with Crippen molar-refractivity contribution < 1.29 is 22.6 Å². The molecule has 1 aromatic heterocycles. The molecule has 4 nitrogen and oxygen atoms in total. The molecule has 0 aliphatic heterocycles. The molecule has 0 aliphatic carbocycles. The van der Waals surface area contributed by atoms with Crippen molar-refractivity contribution >= 4 is 0 Å². The van der Waals surface area contributed by atoms with E-state index in [9.17, 15) is 13.2 Å². The van der Waals surface area contributed by atoms with Crippen molar-refractivity contribution in [2.75, 3.05) is 13.7 Å². The number of methoxy groups -OCH3 is 1. The molecule has 0 fully saturated rings. The van der Waals surface area contributed by atoms with Crippen molar-refractivity contribution in [2.24, 2.45) is 5.73 Å². The van der Waals surface area contributed by atoms with E-state index >= 15 is 0 Å². The Labute approximate surface area is 125 Å². The molecule has 0 amide bonds. The summed E-state index contributed by atoms with van der Waals surface area (Å²) in [6.45, 7) is 0.489. The topological polar surface area (TPSA) is 57.4 Å². The second-order valence-electron chi connectivity index (χ2n) is 4.50. The average molecular weight is 312 g/mol. The molecule has 22 heavy (non-hydrogen) atoms. The fourth-order valence-corrected chi connectivity index (χ4v) is 1.88. The number of halogens is 3. The van der Waals surface area contributed by atoms with E-state index in [1.54, 1.807) is 18.2 Å². The van der Waals surface area contributed by atoms with Crippen LogP contribution in [0, 0.1) is 0 Å². The predicted octanol–water partition coefficient (Wildman–Crippen LogP) is 3.40. The van der Waals surface area contributed by atoms with E-state index in [0.717, 1.165) is 17.8 Å². The maximum Gasteiger partial charge on any atom is 0.433 e. The highest BCUT2D eigenvalue weighted by molar-refractivity contribution is 5.45. The standard InChI is InChI=1S/C15H15F3N2O2/c1-21-13-8-10(4-6-19)2-3-12(13)22-11-5-7-20-14(9-11)15(16,17)18/h2-3,5,7-9H,4,6,19H2,1H3. The van der Waals surface area contributed by atoms with Crippen LogP contribution in [0.25, 0.3) is 0 Å². The van der Waals surface area contributed by atoms with Gasteiger partial charge in [-0.3, -0.25) is 4.98 Å². The lowest BCUT2D eigenvalue weighted by atomic mass is 10.1. The highest BCUT2D eigenvalue weighted by atomic mass is 19.4. The van der Waals surface area contributed by atoms with Crippen molar-refractivity contribution in [1.82, 2.24) is 4.98 Å². The summed E-state index contributed by atoms with van der Waals surface area (Å²) in [7, 11) is 1.46. The SMILES string of the molecule is COc1cc(CCN)ccc1Oc1ccnc(C(F)(F)F)c1. The lowest BCUT2D eigenvalue weighted by Gasteiger charge is -2.13. The molecule has 2 aromatic rings. The van der Waals surface area contributed by atoms with Crippen LogP contribution in [0.3, 0.4) is 0 Å². The summed E-state index contributed by atoms with van der Waals surface area (Å²) >= 11 is 0. The summed E-state index contributed by atoms with van der Waals surface area (Å²) in [5.74, 6) is 0.783. The van der Waals surface area contributed by atoms with Crippen LogP contribution >= 0.6 is 0 Å². The number of hydrogen-bond donors (Lipinski definition) is 1. The molecule has 0 spiro atoms. The van der Waals surface area contributed by atoms with E-state index in [0.29, 0.717) is 24.5 Å². The zero-order chi connectivity index (χ0) is 16.2. The Balaban J connectivity index is 2.27.